The highest BCUT2D eigenvalue weighted by atomic mass is 16.6. The van der Waals surface area contributed by atoms with Gasteiger partial charge in [0.25, 0.3) is 5.69 Å². The van der Waals surface area contributed by atoms with Gasteiger partial charge in [0.05, 0.1) is 10.5 Å². The number of rotatable bonds is 4. The quantitative estimate of drug-likeness (QED) is 0.484. The first kappa shape index (κ1) is 15.2. The number of likely N-dealkylation sites (N-methyl/N-ethyl adjacent to an activating group) is 1. The number of nitro groups is 1. The van der Waals surface area contributed by atoms with Gasteiger partial charge >= 0.3 is 0 Å². The minimum Gasteiger partial charge on any atom is -0.339 e. The molecule has 21 heavy (non-hydrogen) atoms. The van der Waals surface area contributed by atoms with E-state index in [0.29, 0.717) is 11.6 Å². The lowest BCUT2D eigenvalue weighted by molar-refractivity contribution is -0.385. The Hall–Kier alpha value is -2.17. The van der Waals surface area contributed by atoms with Crippen LogP contribution in [-0.4, -0.2) is 28.8 Å². The Kier molecular flexibility index (Phi) is 5.09. The van der Waals surface area contributed by atoms with Crippen LogP contribution in [0.25, 0.3) is 6.08 Å². The number of para-hydroxylation sites is 1. The minimum absolute atomic E-state index is 0.0156. The molecule has 0 spiro atoms. The van der Waals surface area contributed by atoms with Crippen molar-refractivity contribution in [1.29, 1.82) is 0 Å². The van der Waals surface area contributed by atoms with Gasteiger partial charge in [-0.3, -0.25) is 14.9 Å². The Morgan fingerprint density at radius 3 is 2.62 bits per heavy atom. The predicted molar refractivity (Wildman–Crippen MR) is 81.8 cm³/mol. The Bertz CT molecular complexity index is 548. The fraction of sp³-hybridized carbons (Fsp3) is 0.438. The Balaban J connectivity index is 2.06. The molecule has 5 heteroatoms. The molecular weight excluding hydrogens is 268 g/mol. The van der Waals surface area contributed by atoms with Crippen LogP contribution in [0.1, 0.15) is 37.7 Å². The van der Waals surface area contributed by atoms with Crippen LogP contribution >= 0.6 is 0 Å². The minimum atomic E-state index is -0.436. The lowest BCUT2D eigenvalue weighted by atomic mass is 9.94. The summed E-state index contributed by atoms with van der Waals surface area (Å²) in [5.74, 6) is -0.0972. The van der Waals surface area contributed by atoms with Crippen LogP contribution < -0.4 is 0 Å². The van der Waals surface area contributed by atoms with E-state index < -0.39 is 4.92 Å². The molecule has 0 heterocycles. The second-order valence-corrected chi connectivity index (χ2v) is 5.39. The van der Waals surface area contributed by atoms with Crippen molar-refractivity contribution in [2.75, 3.05) is 7.05 Å². The van der Waals surface area contributed by atoms with Crippen LogP contribution in [0.15, 0.2) is 30.3 Å². The number of nitro benzene ring substituents is 1. The summed E-state index contributed by atoms with van der Waals surface area (Å²) < 4.78 is 0. The van der Waals surface area contributed by atoms with Gasteiger partial charge in [0.15, 0.2) is 0 Å². The lowest BCUT2D eigenvalue weighted by Gasteiger charge is -2.30. The second-order valence-electron chi connectivity index (χ2n) is 5.39. The van der Waals surface area contributed by atoms with Crippen molar-refractivity contribution in [3.8, 4) is 0 Å². The topological polar surface area (TPSA) is 63.5 Å². The first-order chi connectivity index (χ1) is 10.1. The fourth-order valence-electron chi connectivity index (χ4n) is 2.72. The standard InChI is InChI=1S/C16H20N2O3/c1-17(14-8-3-2-4-9-14)16(19)12-11-13-7-5-6-10-15(13)18(20)21/h5-7,10-12,14H,2-4,8-9H2,1H3/b12-11-. The molecule has 1 amide bonds. The van der Waals surface area contributed by atoms with E-state index in [1.807, 2.05) is 7.05 Å². The van der Waals surface area contributed by atoms with Crippen LogP contribution in [0.5, 0.6) is 0 Å². The highest BCUT2D eigenvalue weighted by Crippen LogP contribution is 2.22. The molecule has 112 valence electrons. The van der Waals surface area contributed by atoms with Gasteiger partial charge in [-0.15, -0.1) is 0 Å². The second kappa shape index (κ2) is 7.02. The lowest BCUT2D eigenvalue weighted by Crippen LogP contribution is -2.37. The Morgan fingerprint density at radius 1 is 1.29 bits per heavy atom. The number of carbonyl (C=O) groups excluding carboxylic acids is 1. The van der Waals surface area contributed by atoms with Crippen LogP contribution in [0, 0.1) is 10.1 Å². The molecule has 1 aliphatic rings. The zero-order valence-electron chi connectivity index (χ0n) is 12.2. The van der Waals surface area contributed by atoms with Gasteiger partial charge in [-0.1, -0.05) is 31.4 Å². The highest BCUT2D eigenvalue weighted by molar-refractivity contribution is 5.92. The monoisotopic (exact) mass is 288 g/mol. The SMILES string of the molecule is CN(C(=O)/C=C\c1ccccc1[N+](=O)[O-])C1CCCCC1. The molecule has 1 aromatic carbocycles. The van der Waals surface area contributed by atoms with Crippen molar-refractivity contribution in [3.05, 3.63) is 46.0 Å². The number of hydrogen-bond donors (Lipinski definition) is 0. The summed E-state index contributed by atoms with van der Waals surface area (Å²) in [6.07, 6.45) is 8.61. The molecule has 0 radical (unpaired) electrons. The Labute approximate surface area is 124 Å². The third kappa shape index (κ3) is 3.90. The van der Waals surface area contributed by atoms with Crippen molar-refractivity contribution in [3.63, 3.8) is 0 Å². The molecule has 0 aromatic heterocycles. The number of hydrogen-bond acceptors (Lipinski definition) is 3. The van der Waals surface area contributed by atoms with Crippen molar-refractivity contribution in [1.82, 2.24) is 4.90 Å². The summed E-state index contributed by atoms with van der Waals surface area (Å²) in [6.45, 7) is 0. The van der Waals surface area contributed by atoms with Gasteiger partial charge in [0.2, 0.25) is 5.91 Å². The molecule has 0 N–H and O–H groups in total. The van der Waals surface area contributed by atoms with E-state index in [9.17, 15) is 14.9 Å². The van der Waals surface area contributed by atoms with E-state index in [4.69, 9.17) is 0 Å². The first-order valence-electron chi connectivity index (χ1n) is 7.28. The molecule has 2 rings (SSSR count). The van der Waals surface area contributed by atoms with Crippen LogP contribution in [0.3, 0.4) is 0 Å². The summed E-state index contributed by atoms with van der Waals surface area (Å²) in [4.78, 5) is 24.4. The predicted octanol–water partition coefficient (Wildman–Crippen LogP) is 3.40. The molecule has 1 aliphatic carbocycles. The molecule has 0 saturated heterocycles. The molecule has 5 nitrogen and oxygen atoms in total. The number of carbonyl (C=O) groups is 1. The van der Waals surface area contributed by atoms with E-state index in [1.54, 1.807) is 23.1 Å². The maximum atomic E-state index is 12.2. The van der Waals surface area contributed by atoms with Gasteiger partial charge in [-0.2, -0.15) is 0 Å². The van der Waals surface area contributed by atoms with E-state index in [-0.39, 0.29) is 11.6 Å². The molecular formula is C16H20N2O3. The molecule has 1 aromatic rings. The third-order valence-electron chi connectivity index (χ3n) is 4.01. The molecule has 0 bridgehead atoms. The van der Waals surface area contributed by atoms with Crippen LogP contribution in [0.4, 0.5) is 5.69 Å². The fourth-order valence-corrected chi connectivity index (χ4v) is 2.72. The maximum Gasteiger partial charge on any atom is 0.276 e. The number of benzene rings is 1. The van der Waals surface area contributed by atoms with E-state index in [2.05, 4.69) is 0 Å². The van der Waals surface area contributed by atoms with Crippen molar-refractivity contribution < 1.29 is 9.72 Å². The van der Waals surface area contributed by atoms with Crippen molar-refractivity contribution in [2.24, 2.45) is 0 Å². The molecule has 1 saturated carbocycles. The third-order valence-corrected chi connectivity index (χ3v) is 4.01. The zero-order valence-corrected chi connectivity index (χ0v) is 12.2. The largest absolute Gasteiger partial charge is 0.339 e. The van der Waals surface area contributed by atoms with Crippen LogP contribution in [-0.2, 0) is 4.79 Å². The molecule has 0 aliphatic heterocycles. The highest BCUT2D eigenvalue weighted by Gasteiger charge is 2.20. The van der Waals surface area contributed by atoms with Crippen molar-refractivity contribution >= 4 is 17.7 Å². The zero-order chi connectivity index (χ0) is 15.2. The first-order valence-corrected chi connectivity index (χ1v) is 7.28. The van der Waals surface area contributed by atoms with Gasteiger partial charge in [-0.25, -0.2) is 0 Å². The van der Waals surface area contributed by atoms with Crippen LogP contribution in [0.2, 0.25) is 0 Å². The van der Waals surface area contributed by atoms with Crippen molar-refractivity contribution in [2.45, 2.75) is 38.1 Å². The van der Waals surface area contributed by atoms with Gasteiger partial charge < -0.3 is 4.90 Å². The van der Waals surface area contributed by atoms with Gasteiger partial charge in [0.1, 0.15) is 0 Å². The number of amides is 1. The normalized spacial score (nSPS) is 16.0. The summed E-state index contributed by atoms with van der Waals surface area (Å²) >= 11 is 0. The summed E-state index contributed by atoms with van der Waals surface area (Å²) in [5.41, 5.74) is 0.467. The smallest absolute Gasteiger partial charge is 0.276 e. The average molecular weight is 288 g/mol. The van der Waals surface area contributed by atoms with E-state index in [0.717, 1.165) is 25.7 Å². The maximum absolute atomic E-state index is 12.2. The Morgan fingerprint density at radius 2 is 1.95 bits per heavy atom. The van der Waals surface area contributed by atoms with Gasteiger partial charge in [0, 0.05) is 25.2 Å². The van der Waals surface area contributed by atoms with Gasteiger partial charge in [-0.05, 0) is 25.0 Å². The molecule has 1 fully saturated rings. The average Bonchev–Trinajstić information content (AvgIpc) is 2.52. The van der Waals surface area contributed by atoms with E-state index in [1.165, 1.54) is 24.6 Å². The summed E-state index contributed by atoms with van der Waals surface area (Å²) in [7, 11) is 1.81. The molecule has 0 unspecified atom stereocenters. The summed E-state index contributed by atoms with van der Waals surface area (Å²) in [5, 5.41) is 10.9. The molecule has 0 atom stereocenters. The summed E-state index contributed by atoms with van der Waals surface area (Å²) in [6, 6.07) is 6.71. The van der Waals surface area contributed by atoms with E-state index >= 15 is 0 Å². The number of nitrogens with zero attached hydrogens (tertiary/aromatic N) is 2.